The van der Waals surface area contributed by atoms with Gasteiger partial charge in [-0.25, -0.2) is 4.98 Å². The van der Waals surface area contributed by atoms with Gasteiger partial charge in [0, 0.05) is 25.5 Å². The van der Waals surface area contributed by atoms with Crippen LogP contribution < -0.4 is 10.9 Å². The molecule has 0 unspecified atom stereocenters. The van der Waals surface area contributed by atoms with Gasteiger partial charge < -0.3 is 9.88 Å². The molecule has 0 aliphatic carbocycles. The van der Waals surface area contributed by atoms with Crippen molar-refractivity contribution >= 4 is 11.7 Å². The number of rotatable bonds is 4. The molecule has 128 valence electrons. The third kappa shape index (κ3) is 4.02. The van der Waals surface area contributed by atoms with E-state index in [4.69, 9.17) is 5.26 Å². The fourth-order valence-electron chi connectivity index (χ4n) is 2.51. The van der Waals surface area contributed by atoms with Gasteiger partial charge in [0.1, 0.15) is 5.82 Å². The molecule has 2 aromatic heterocycles. The Bertz CT molecular complexity index is 1050. The molecule has 2 heterocycles. The van der Waals surface area contributed by atoms with Crippen LogP contribution in [0.25, 0.3) is 0 Å². The number of nitriles is 1. The fraction of sp³-hybridized carbons (Fsp3) is 0.100. The Balaban J connectivity index is 1.69. The lowest BCUT2D eigenvalue weighted by Crippen LogP contribution is -2.19. The van der Waals surface area contributed by atoms with Crippen LogP contribution in [0.2, 0.25) is 0 Å². The lowest BCUT2D eigenvalue weighted by Gasteiger charge is -2.07. The number of hydrogen-bond acceptors (Lipinski definition) is 4. The highest BCUT2D eigenvalue weighted by atomic mass is 16.2. The Labute approximate surface area is 150 Å². The molecule has 1 aromatic carbocycles. The molecule has 0 saturated carbocycles. The largest absolute Gasteiger partial charge is 0.318 e. The van der Waals surface area contributed by atoms with Crippen molar-refractivity contribution in [3.05, 3.63) is 93.5 Å². The third-order valence-corrected chi connectivity index (χ3v) is 3.88. The smallest absolute Gasteiger partial charge is 0.258 e. The Morgan fingerprint density at radius 2 is 2.04 bits per heavy atom. The maximum Gasteiger partial charge on any atom is 0.258 e. The summed E-state index contributed by atoms with van der Waals surface area (Å²) in [7, 11) is 1.59. The molecule has 1 N–H and O–H groups in total. The van der Waals surface area contributed by atoms with Crippen LogP contribution in [-0.2, 0) is 13.5 Å². The van der Waals surface area contributed by atoms with Crippen LogP contribution in [0.3, 0.4) is 0 Å². The van der Waals surface area contributed by atoms with E-state index in [1.807, 2.05) is 24.3 Å². The van der Waals surface area contributed by atoms with Crippen molar-refractivity contribution in [1.29, 1.82) is 5.26 Å². The number of nitrogens with one attached hydrogen (secondary N) is 1. The topological polar surface area (TPSA) is 87.8 Å². The summed E-state index contributed by atoms with van der Waals surface area (Å²) in [6.45, 7) is 0. The summed E-state index contributed by atoms with van der Waals surface area (Å²) in [5, 5.41) is 11.7. The summed E-state index contributed by atoms with van der Waals surface area (Å²) < 4.78 is 1.35. The van der Waals surface area contributed by atoms with E-state index in [0.717, 1.165) is 11.1 Å². The van der Waals surface area contributed by atoms with Crippen LogP contribution in [0.5, 0.6) is 0 Å². The monoisotopic (exact) mass is 344 g/mol. The summed E-state index contributed by atoms with van der Waals surface area (Å²) in [4.78, 5) is 27.9. The Hall–Kier alpha value is -3.72. The summed E-state index contributed by atoms with van der Waals surface area (Å²) in [5.74, 6) is 0.0981. The Morgan fingerprint density at radius 3 is 2.73 bits per heavy atom. The second kappa shape index (κ2) is 7.45. The third-order valence-electron chi connectivity index (χ3n) is 3.88. The number of benzene rings is 1. The summed E-state index contributed by atoms with van der Waals surface area (Å²) in [5.41, 5.74) is 2.82. The van der Waals surface area contributed by atoms with Gasteiger partial charge in [-0.15, -0.1) is 0 Å². The first-order chi connectivity index (χ1) is 12.5. The van der Waals surface area contributed by atoms with E-state index < -0.39 is 0 Å². The molecule has 0 aliphatic heterocycles. The molecule has 26 heavy (non-hydrogen) atoms. The number of anilines is 1. The first-order valence-corrected chi connectivity index (χ1v) is 7.97. The van der Waals surface area contributed by atoms with Crippen molar-refractivity contribution in [1.82, 2.24) is 9.55 Å². The molecule has 3 aromatic rings. The van der Waals surface area contributed by atoms with E-state index in [1.165, 1.54) is 22.9 Å². The summed E-state index contributed by atoms with van der Waals surface area (Å²) in [6.07, 6.45) is 3.82. The van der Waals surface area contributed by atoms with Gasteiger partial charge in [0.05, 0.1) is 17.2 Å². The van der Waals surface area contributed by atoms with E-state index in [0.29, 0.717) is 23.4 Å². The number of pyridine rings is 2. The van der Waals surface area contributed by atoms with Crippen LogP contribution in [0.4, 0.5) is 5.82 Å². The Kier molecular flexibility index (Phi) is 4.90. The Morgan fingerprint density at radius 1 is 1.19 bits per heavy atom. The summed E-state index contributed by atoms with van der Waals surface area (Å²) >= 11 is 0. The van der Waals surface area contributed by atoms with Crippen molar-refractivity contribution in [2.75, 3.05) is 5.32 Å². The van der Waals surface area contributed by atoms with Crippen LogP contribution in [0, 0.1) is 11.3 Å². The molecule has 0 radical (unpaired) electrons. The molecule has 0 spiro atoms. The van der Waals surface area contributed by atoms with E-state index >= 15 is 0 Å². The minimum atomic E-state index is -0.331. The average Bonchev–Trinajstić information content (AvgIpc) is 2.65. The van der Waals surface area contributed by atoms with Gasteiger partial charge in [0.15, 0.2) is 0 Å². The molecule has 0 bridgehead atoms. The highest BCUT2D eigenvalue weighted by Gasteiger charge is 2.08. The maximum atomic E-state index is 12.2. The van der Waals surface area contributed by atoms with Gasteiger partial charge in [-0.1, -0.05) is 18.2 Å². The molecular weight excluding hydrogens is 328 g/mol. The first kappa shape index (κ1) is 17.1. The lowest BCUT2D eigenvalue weighted by atomic mass is 10.0. The van der Waals surface area contributed by atoms with Crippen molar-refractivity contribution in [2.24, 2.45) is 7.05 Å². The molecule has 0 atom stereocenters. The normalized spacial score (nSPS) is 10.2. The van der Waals surface area contributed by atoms with Gasteiger partial charge in [-0.05, 0) is 41.8 Å². The SMILES string of the molecule is Cn1cc(C(=O)Nc2ccc(Cc3cccc(C#N)c3)cn2)ccc1=O. The number of hydrogen-bond donors (Lipinski definition) is 1. The van der Waals surface area contributed by atoms with Gasteiger partial charge >= 0.3 is 0 Å². The number of carbonyl (C=O) groups is 1. The molecule has 0 aliphatic rings. The van der Waals surface area contributed by atoms with Crippen LogP contribution in [-0.4, -0.2) is 15.5 Å². The van der Waals surface area contributed by atoms with Crippen molar-refractivity contribution in [3.63, 3.8) is 0 Å². The number of carbonyl (C=O) groups excluding carboxylic acids is 1. The highest BCUT2D eigenvalue weighted by molar-refractivity contribution is 6.03. The van der Waals surface area contributed by atoms with E-state index in [9.17, 15) is 9.59 Å². The number of aromatic nitrogens is 2. The zero-order chi connectivity index (χ0) is 18.5. The van der Waals surface area contributed by atoms with E-state index in [2.05, 4.69) is 16.4 Å². The molecule has 0 saturated heterocycles. The van der Waals surface area contributed by atoms with Crippen molar-refractivity contribution < 1.29 is 4.79 Å². The van der Waals surface area contributed by atoms with Gasteiger partial charge in [-0.2, -0.15) is 5.26 Å². The van der Waals surface area contributed by atoms with Gasteiger partial charge in [0.25, 0.3) is 5.91 Å². The van der Waals surface area contributed by atoms with Crippen LogP contribution in [0.15, 0.2) is 65.7 Å². The van der Waals surface area contributed by atoms with E-state index in [1.54, 1.807) is 25.4 Å². The predicted octanol–water partition coefficient (Wildman–Crippen LogP) is 2.50. The van der Waals surface area contributed by atoms with Gasteiger partial charge in [0.2, 0.25) is 5.56 Å². The lowest BCUT2D eigenvalue weighted by molar-refractivity contribution is 0.102. The molecule has 3 rings (SSSR count). The molecular formula is C20H16N4O2. The second-order valence-electron chi connectivity index (χ2n) is 5.86. The average molecular weight is 344 g/mol. The predicted molar refractivity (Wildman–Crippen MR) is 97.8 cm³/mol. The van der Waals surface area contributed by atoms with Crippen molar-refractivity contribution in [2.45, 2.75) is 6.42 Å². The minimum absolute atomic E-state index is 0.176. The quantitative estimate of drug-likeness (QED) is 0.788. The minimum Gasteiger partial charge on any atom is -0.318 e. The van der Waals surface area contributed by atoms with Gasteiger partial charge in [-0.3, -0.25) is 9.59 Å². The molecule has 6 nitrogen and oxygen atoms in total. The second-order valence-corrected chi connectivity index (χ2v) is 5.86. The molecule has 0 fully saturated rings. The van der Waals surface area contributed by atoms with Crippen LogP contribution >= 0.6 is 0 Å². The standard InChI is InChI=1S/C20H16N4O2/c1-24-13-17(6-8-19(24)25)20(26)23-18-7-5-16(12-22-18)10-14-3-2-4-15(9-14)11-21/h2-9,12-13H,10H2,1H3,(H,22,23,26). The van der Waals surface area contributed by atoms with E-state index in [-0.39, 0.29) is 11.5 Å². The highest BCUT2D eigenvalue weighted by Crippen LogP contribution is 2.13. The van der Waals surface area contributed by atoms with Crippen molar-refractivity contribution in [3.8, 4) is 6.07 Å². The zero-order valence-corrected chi connectivity index (χ0v) is 14.1. The fourth-order valence-corrected chi connectivity index (χ4v) is 2.51. The number of aryl methyl sites for hydroxylation is 1. The maximum absolute atomic E-state index is 12.2. The molecule has 6 heteroatoms. The summed E-state index contributed by atoms with van der Waals surface area (Å²) in [6, 6.07) is 16.0. The first-order valence-electron chi connectivity index (χ1n) is 7.97. The number of amides is 1. The van der Waals surface area contributed by atoms with Crippen LogP contribution in [0.1, 0.15) is 27.0 Å². The zero-order valence-electron chi connectivity index (χ0n) is 14.1. The number of nitrogens with zero attached hydrogens (tertiary/aromatic N) is 3. The molecule has 1 amide bonds.